The molecule has 0 aromatic carbocycles. The summed E-state index contributed by atoms with van der Waals surface area (Å²) in [5, 5.41) is 13.0. The molecule has 0 radical (unpaired) electrons. The van der Waals surface area contributed by atoms with Crippen LogP contribution < -0.4 is 5.32 Å². The van der Waals surface area contributed by atoms with Gasteiger partial charge < -0.3 is 15.4 Å². The van der Waals surface area contributed by atoms with E-state index in [4.69, 9.17) is 0 Å². The lowest BCUT2D eigenvalue weighted by atomic mass is 10.00. The van der Waals surface area contributed by atoms with E-state index < -0.39 is 5.60 Å². The van der Waals surface area contributed by atoms with Gasteiger partial charge in [-0.1, -0.05) is 0 Å². The van der Waals surface area contributed by atoms with Crippen LogP contribution in [0.1, 0.15) is 39.6 Å². The van der Waals surface area contributed by atoms with E-state index in [0.717, 1.165) is 5.82 Å². The number of H-pyrrole nitrogens is 1. The van der Waals surface area contributed by atoms with Crippen LogP contribution in [0.2, 0.25) is 0 Å². The van der Waals surface area contributed by atoms with E-state index in [0.29, 0.717) is 0 Å². The molecular formula is C10H19N3O. The van der Waals surface area contributed by atoms with Crippen molar-refractivity contribution in [3.63, 3.8) is 0 Å². The van der Waals surface area contributed by atoms with Crippen molar-refractivity contribution in [3.8, 4) is 0 Å². The molecule has 4 nitrogen and oxygen atoms in total. The SMILES string of the molecule is CC(NC(C)C(C)(C)O)c1ncc[nH]1. The predicted molar refractivity (Wildman–Crippen MR) is 55.9 cm³/mol. The summed E-state index contributed by atoms with van der Waals surface area (Å²) in [5.41, 5.74) is -0.721. The minimum Gasteiger partial charge on any atom is -0.389 e. The molecule has 4 heteroatoms. The van der Waals surface area contributed by atoms with Gasteiger partial charge in [0.05, 0.1) is 11.6 Å². The fraction of sp³-hybridized carbons (Fsp3) is 0.700. The van der Waals surface area contributed by atoms with Crippen molar-refractivity contribution >= 4 is 0 Å². The fourth-order valence-corrected chi connectivity index (χ4v) is 1.17. The molecule has 0 aliphatic heterocycles. The first kappa shape index (κ1) is 11.2. The Hall–Kier alpha value is -0.870. The van der Waals surface area contributed by atoms with Gasteiger partial charge in [0.1, 0.15) is 5.82 Å². The number of nitrogens with one attached hydrogen (secondary N) is 2. The molecular weight excluding hydrogens is 178 g/mol. The highest BCUT2D eigenvalue weighted by molar-refractivity contribution is 4.95. The van der Waals surface area contributed by atoms with Crippen molar-refractivity contribution in [2.45, 2.75) is 45.4 Å². The summed E-state index contributed by atoms with van der Waals surface area (Å²) in [6.07, 6.45) is 3.52. The lowest BCUT2D eigenvalue weighted by Gasteiger charge is -2.29. The third-order valence-electron chi connectivity index (χ3n) is 2.49. The summed E-state index contributed by atoms with van der Waals surface area (Å²) in [6, 6.07) is 0.133. The van der Waals surface area contributed by atoms with Crippen molar-refractivity contribution in [1.82, 2.24) is 15.3 Å². The maximum atomic E-state index is 9.74. The quantitative estimate of drug-likeness (QED) is 0.680. The smallest absolute Gasteiger partial charge is 0.122 e. The van der Waals surface area contributed by atoms with Crippen LogP contribution in [0.5, 0.6) is 0 Å². The molecule has 2 atom stereocenters. The summed E-state index contributed by atoms with van der Waals surface area (Å²) < 4.78 is 0. The summed E-state index contributed by atoms with van der Waals surface area (Å²) in [4.78, 5) is 7.19. The third kappa shape index (κ3) is 2.82. The highest BCUT2D eigenvalue weighted by Crippen LogP contribution is 2.13. The number of nitrogens with zero attached hydrogens (tertiary/aromatic N) is 1. The van der Waals surface area contributed by atoms with Gasteiger partial charge in [-0.15, -0.1) is 0 Å². The maximum Gasteiger partial charge on any atom is 0.122 e. The third-order valence-corrected chi connectivity index (χ3v) is 2.49. The lowest BCUT2D eigenvalue weighted by Crippen LogP contribution is -2.45. The topological polar surface area (TPSA) is 60.9 Å². The summed E-state index contributed by atoms with van der Waals surface area (Å²) >= 11 is 0. The highest BCUT2D eigenvalue weighted by Gasteiger charge is 2.24. The fourth-order valence-electron chi connectivity index (χ4n) is 1.17. The average molecular weight is 197 g/mol. The van der Waals surface area contributed by atoms with E-state index >= 15 is 0 Å². The normalized spacial score (nSPS) is 16.6. The molecule has 1 rings (SSSR count). The zero-order chi connectivity index (χ0) is 10.8. The van der Waals surface area contributed by atoms with Gasteiger partial charge in [-0.25, -0.2) is 4.98 Å². The molecule has 1 aromatic rings. The Morgan fingerprint density at radius 1 is 1.50 bits per heavy atom. The van der Waals surface area contributed by atoms with Crippen molar-refractivity contribution in [2.24, 2.45) is 0 Å². The molecule has 14 heavy (non-hydrogen) atoms. The van der Waals surface area contributed by atoms with Crippen LogP contribution in [0.3, 0.4) is 0 Å². The van der Waals surface area contributed by atoms with Crippen LogP contribution in [0.25, 0.3) is 0 Å². The van der Waals surface area contributed by atoms with Gasteiger partial charge in [-0.2, -0.15) is 0 Å². The standard InChI is InChI=1S/C10H19N3O/c1-7(9-11-5-6-12-9)13-8(2)10(3,4)14/h5-8,13-14H,1-4H3,(H,11,12). The van der Waals surface area contributed by atoms with Crippen molar-refractivity contribution in [1.29, 1.82) is 0 Å². The molecule has 0 saturated heterocycles. The average Bonchev–Trinajstić information content (AvgIpc) is 2.53. The molecule has 0 saturated carbocycles. The van der Waals surface area contributed by atoms with Gasteiger partial charge >= 0.3 is 0 Å². The molecule has 80 valence electrons. The minimum absolute atomic E-state index is 0.0163. The first-order chi connectivity index (χ1) is 6.41. The zero-order valence-corrected chi connectivity index (χ0v) is 9.20. The summed E-state index contributed by atoms with van der Waals surface area (Å²) in [5.74, 6) is 0.890. The minimum atomic E-state index is -0.721. The Kier molecular flexibility index (Phi) is 3.29. The van der Waals surface area contributed by atoms with Crippen molar-refractivity contribution < 1.29 is 5.11 Å². The van der Waals surface area contributed by atoms with Crippen LogP contribution in [0, 0.1) is 0 Å². The summed E-state index contributed by atoms with van der Waals surface area (Å²) in [7, 11) is 0. The van der Waals surface area contributed by atoms with Crippen LogP contribution in [-0.4, -0.2) is 26.7 Å². The van der Waals surface area contributed by atoms with Crippen LogP contribution in [0.15, 0.2) is 12.4 Å². The Morgan fingerprint density at radius 3 is 2.57 bits per heavy atom. The highest BCUT2D eigenvalue weighted by atomic mass is 16.3. The molecule has 3 N–H and O–H groups in total. The zero-order valence-electron chi connectivity index (χ0n) is 9.20. The number of rotatable bonds is 4. The number of aromatic nitrogens is 2. The van der Waals surface area contributed by atoms with Gasteiger partial charge in [-0.05, 0) is 27.7 Å². The summed E-state index contributed by atoms with van der Waals surface area (Å²) in [6.45, 7) is 7.56. The van der Waals surface area contributed by atoms with Gasteiger partial charge in [-0.3, -0.25) is 0 Å². The van der Waals surface area contributed by atoms with Gasteiger partial charge in [0.2, 0.25) is 0 Å². The van der Waals surface area contributed by atoms with Crippen LogP contribution in [0.4, 0.5) is 0 Å². The lowest BCUT2D eigenvalue weighted by molar-refractivity contribution is 0.0402. The Balaban J connectivity index is 2.53. The van der Waals surface area contributed by atoms with E-state index in [2.05, 4.69) is 15.3 Å². The first-order valence-electron chi connectivity index (χ1n) is 4.89. The molecule has 2 unspecified atom stereocenters. The molecule has 0 amide bonds. The monoisotopic (exact) mass is 197 g/mol. The van der Waals surface area contributed by atoms with E-state index in [1.165, 1.54) is 0 Å². The van der Waals surface area contributed by atoms with Crippen molar-refractivity contribution in [2.75, 3.05) is 0 Å². The number of hydrogen-bond donors (Lipinski definition) is 3. The van der Waals surface area contributed by atoms with E-state index in [1.54, 1.807) is 26.2 Å². The molecule has 1 aromatic heterocycles. The number of imidazole rings is 1. The Bertz CT molecular complexity index is 263. The van der Waals surface area contributed by atoms with E-state index in [-0.39, 0.29) is 12.1 Å². The Morgan fingerprint density at radius 2 is 2.14 bits per heavy atom. The Labute approximate surface area is 84.8 Å². The second-order valence-corrected chi connectivity index (χ2v) is 4.24. The van der Waals surface area contributed by atoms with Gasteiger partial charge in [0.25, 0.3) is 0 Å². The molecule has 0 bridgehead atoms. The molecule has 0 aliphatic rings. The van der Waals surface area contributed by atoms with Crippen molar-refractivity contribution in [3.05, 3.63) is 18.2 Å². The molecule has 0 aliphatic carbocycles. The number of hydrogen-bond acceptors (Lipinski definition) is 3. The number of aliphatic hydroxyl groups is 1. The van der Waals surface area contributed by atoms with Gasteiger partial charge in [0.15, 0.2) is 0 Å². The molecule has 0 fully saturated rings. The first-order valence-corrected chi connectivity index (χ1v) is 4.89. The van der Waals surface area contributed by atoms with E-state index in [1.807, 2.05) is 13.8 Å². The molecule has 1 heterocycles. The van der Waals surface area contributed by atoms with E-state index in [9.17, 15) is 5.11 Å². The van der Waals surface area contributed by atoms with Crippen LogP contribution in [-0.2, 0) is 0 Å². The molecule has 0 spiro atoms. The maximum absolute atomic E-state index is 9.74. The second kappa shape index (κ2) is 4.11. The largest absolute Gasteiger partial charge is 0.389 e. The number of aromatic amines is 1. The second-order valence-electron chi connectivity index (χ2n) is 4.24. The van der Waals surface area contributed by atoms with Crippen LogP contribution >= 0.6 is 0 Å². The van der Waals surface area contributed by atoms with Gasteiger partial charge in [0, 0.05) is 18.4 Å². The predicted octanol–water partition coefficient (Wildman–Crippen LogP) is 1.22.